The second-order valence-corrected chi connectivity index (χ2v) is 7.00. The maximum Gasteiger partial charge on any atom is 0.253 e. The molecule has 2 rings (SSSR count). The topological polar surface area (TPSA) is 71.9 Å². The summed E-state index contributed by atoms with van der Waals surface area (Å²) in [5, 5.41) is 13.1. The van der Waals surface area contributed by atoms with Gasteiger partial charge in [-0.25, -0.2) is 0 Å². The standard InChI is InChI=1S/C22H27ClN4O/c1-5-27(6-2)12-11-25-22(28)21-15(3)20(26-16(21)4)13-17(14-24)18-9-7-8-10-19(18)23/h7-10,13,26H,5-6,11-12H2,1-4H3,(H,25,28)/b17-13+. The number of amides is 1. The summed E-state index contributed by atoms with van der Waals surface area (Å²) in [7, 11) is 0. The van der Waals surface area contributed by atoms with Gasteiger partial charge in [-0.1, -0.05) is 43.6 Å². The molecule has 0 fully saturated rings. The highest BCUT2D eigenvalue weighted by Crippen LogP contribution is 2.27. The molecule has 2 N–H and O–H groups in total. The van der Waals surface area contributed by atoms with E-state index in [4.69, 9.17) is 11.6 Å². The fraction of sp³-hybridized carbons (Fsp3) is 0.364. The van der Waals surface area contributed by atoms with Crippen molar-refractivity contribution in [1.82, 2.24) is 15.2 Å². The third-order valence-electron chi connectivity index (χ3n) is 4.88. The third-order valence-corrected chi connectivity index (χ3v) is 5.21. The van der Waals surface area contributed by atoms with E-state index in [1.165, 1.54) is 0 Å². The number of aromatic amines is 1. The second kappa shape index (κ2) is 10.1. The molecule has 148 valence electrons. The number of likely N-dealkylation sites (N-methyl/N-ethyl adjacent to an activating group) is 1. The number of rotatable bonds is 8. The molecular formula is C22H27ClN4O. The van der Waals surface area contributed by atoms with Gasteiger partial charge in [0.1, 0.15) is 0 Å². The molecule has 1 aromatic heterocycles. The van der Waals surface area contributed by atoms with E-state index in [0.717, 1.165) is 36.6 Å². The molecule has 5 nitrogen and oxygen atoms in total. The molecule has 0 spiro atoms. The average Bonchev–Trinajstić information content (AvgIpc) is 2.97. The number of aryl methyl sites for hydroxylation is 1. The van der Waals surface area contributed by atoms with E-state index in [2.05, 4.69) is 35.1 Å². The van der Waals surface area contributed by atoms with Crippen LogP contribution in [0.3, 0.4) is 0 Å². The van der Waals surface area contributed by atoms with E-state index < -0.39 is 0 Å². The Bertz CT molecular complexity index is 904. The van der Waals surface area contributed by atoms with Crippen molar-refractivity contribution in [3.05, 3.63) is 57.4 Å². The van der Waals surface area contributed by atoms with Crippen LogP contribution in [0.25, 0.3) is 11.6 Å². The Morgan fingerprint density at radius 3 is 2.57 bits per heavy atom. The van der Waals surface area contributed by atoms with Crippen LogP contribution in [0.2, 0.25) is 5.02 Å². The number of H-pyrrole nitrogens is 1. The Labute approximate surface area is 172 Å². The average molecular weight is 399 g/mol. The molecule has 1 aromatic carbocycles. The van der Waals surface area contributed by atoms with Gasteiger partial charge in [0.15, 0.2) is 0 Å². The minimum atomic E-state index is -0.102. The molecule has 0 unspecified atom stereocenters. The van der Waals surface area contributed by atoms with Crippen molar-refractivity contribution in [1.29, 1.82) is 5.26 Å². The maximum atomic E-state index is 12.7. The van der Waals surface area contributed by atoms with E-state index in [1.54, 1.807) is 12.1 Å². The lowest BCUT2D eigenvalue weighted by Gasteiger charge is -2.18. The number of nitrogens with zero attached hydrogens (tertiary/aromatic N) is 2. The van der Waals surface area contributed by atoms with Crippen molar-refractivity contribution in [2.75, 3.05) is 26.2 Å². The molecule has 0 saturated heterocycles. The molecule has 0 aliphatic carbocycles. The van der Waals surface area contributed by atoms with Gasteiger partial charge in [0.05, 0.1) is 17.2 Å². The Morgan fingerprint density at radius 1 is 1.29 bits per heavy atom. The van der Waals surface area contributed by atoms with E-state index in [9.17, 15) is 10.1 Å². The summed E-state index contributed by atoms with van der Waals surface area (Å²) in [5.74, 6) is -0.102. The number of halogens is 1. The first-order valence-corrected chi connectivity index (χ1v) is 9.87. The predicted octanol–water partition coefficient (Wildman–Crippen LogP) is 4.42. The summed E-state index contributed by atoms with van der Waals surface area (Å²) in [5.41, 5.74) is 4.08. The molecular weight excluding hydrogens is 372 g/mol. The summed E-state index contributed by atoms with van der Waals surface area (Å²) >= 11 is 6.23. The molecule has 2 aromatic rings. The molecule has 0 atom stereocenters. The van der Waals surface area contributed by atoms with Crippen LogP contribution in [0.1, 0.15) is 46.7 Å². The lowest BCUT2D eigenvalue weighted by Crippen LogP contribution is -2.35. The summed E-state index contributed by atoms with van der Waals surface area (Å²) in [4.78, 5) is 18.2. The molecule has 28 heavy (non-hydrogen) atoms. The zero-order valence-electron chi connectivity index (χ0n) is 16.9. The van der Waals surface area contributed by atoms with Gasteiger partial charge in [-0.2, -0.15) is 5.26 Å². The minimum absolute atomic E-state index is 0.102. The van der Waals surface area contributed by atoms with Gasteiger partial charge in [-0.15, -0.1) is 0 Å². The van der Waals surface area contributed by atoms with Crippen molar-refractivity contribution >= 4 is 29.2 Å². The van der Waals surface area contributed by atoms with Crippen LogP contribution in [0.15, 0.2) is 24.3 Å². The fourth-order valence-electron chi connectivity index (χ4n) is 3.21. The number of aromatic nitrogens is 1. The van der Waals surface area contributed by atoms with Crippen LogP contribution in [0.4, 0.5) is 0 Å². The molecule has 0 bridgehead atoms. The molecule has 0 aliphatic heterocycles. The lowest BCUT2D eigenvalue weighted by atomic mass is 10.0. The largest absolute Gasteiger partial charge is 0.358 e. The monoisotopic (exact) mass is 398 g/mol. The van der Waals surface area contributed by atoms with Gasteiger partial charge < -0.3 is 15.2 Å². The molecule has 0 aliphatic rings. The van der Waals surface area contributed by atoms with Gasteiger partial charge in [0.2, 0.25) is 0 Å². The summed E-state index contributed by atoms with van der Waals surface area (Å²) < 4.78 is 0. The van der Waals surface area contributed by atoms with Crippen molar-refractivity contribution in [3.8, 4) is 6.07 Å². The minimum Gasteiger partial charge on any atom is -0.358 e. The van der Waals surface area contributed by atoms with Gasteiger partial charge in [0.25, 0.3) is 5.91 Å². The number of nitrogens with one attached hydrogen (secondary N) is 2. The van der Waals surface area contributed by atoms with Crippen LogP contribution in [-0.2, 0) is 0 Å². The zero-order chi connectivity index (χ0) is 20.7. The molecule has 0 saturated carbocycles. The Kier molecular flexibility index (Phi) is 7.86. The van der Waals surface area contributed by atoms with E-state index >= 15 is 0 Å². The predicted molar refractivity (Wildman–Crippen MR) is 115 cm³/mol. The highest BCUT2D eigenvalue weighted by atomic mass is 35.5. The SMILES string of the molecule is CCN(CC)CCNC(=O)c1c(C)[nH]c(/C=C(\C#N)c2ccccc2Cl)c1C. The first kappa shape index (κ1) is 21.7. The number of allylic oxidation sites excluding steroid dienone is 1. The number of carbonyl (C=O) groups is 1. The van der Waals surface area contributed by atoms with Crippen LogP contribution < -0.4 is 5.32 Å². The van der Waals surface area contributed by atoms with E-state index in [0.29, 0.717) is 28.3 Å². The number of nitriles is 1. The van der Waals surface area contributed by atoms with Gasteiger partial charge in [0, 0.05) is 35.1 Å². The quantitative estimate of drug-likeness (QED) is 0.646. The number of hydrogen-bond acceptors (Lipinski definition) is 3. The summed E-state index contributed by atoms with van der Waals surface area (Å²) in [6, 6.07) is 9.43. The first-order chi connectivity index (χ1) is 13.4. The van der Waals surface area contributed by atoms with Crippen LogP contribution >= 0.6 is 11.6 Å². The normalized spacial score (nSPS) is 11.5. The summed E-state index contributed by atoms with van der Waals surface area (Å²) in [6.45, 7) is 11.3. The molecule has 1 heterocycles. The van der Waals surface area contributed by atoms with E-state index in [-0.39, 0.29) is 5.91 Å². The molecule has 0 radical (unpaired) electrons. The van der Waals surface area contributed by atoms with Crippen molar-refractivity contribution < 1.29 is 4.79 Å². The van der Waals surface area contributed by atoms with Crippen LogP contribution in [0.5, 0.6) is 0 Å². The number of carbonyl (C=O) groups excluding carboxylic acids is 1. The third kappa shape index (κ3) is 5.03. The van der Waals surface area contributed by atoms with Gasteiger partial charge >= 0.3 is 0 Å². The van der Waals surface area contributed by atoms with Crippen molar-refractivity contribution in [2.24, 2.45) is 0 Å². The Hall–Kier alpha value is -2.55. The lowest BCUT2D eigenvalue weighted by molar-refractivity contribution is 0.0948. The highest BCUT2D eigenvalue weighted by Gasteiger charge is 2.18. The Balaban J connectivity index is 2.24. The second-order valence-electron chi connectivity index (χ2n) is 6.60. The molecule has 6 heteroatoms. The van der Waals surface area contributed by atoms with Crippen molar-refractivity contribution in [2.45, 2.75) is 27.7 Å². The zero-order valence-corrected chi connectivity index (χ0v) is 17.7. The van der Waals surface area contributed by atoms with E-state index in [1.807, 2.05) is 32.0 Å². The fourth-order valence-corrected chi connectivity index (χ4v) is 3.45. The number of benzene rings is 1. The maximum absolute atomic E-state index is 12.7. The molecule has 1 amide bonds. The number of hydrogen-bond donors (Lipinski definition) is 2. The van der Waals surface area contributed by atoms with Crippen LogP contribution in [-0.4, -0.2) is 42.0 Å². The van der Waals surface area contributed by atoms with Gasteiger partial charge in [-0.3, -0.25) is 4.79 Å². The smallest absolute Gasteiger partial charge is 0.253 e. The van der Waals surface area contributed by atoms with Gasteiger partial charge in [-0.05, 0) is 44.6 Å². The first-order valence-electron chi connectivity index (χ1n) is 9.49. The Morgan fingerprint density at radius 2 is 1.96 bits per heavy atom. The van der Waals surface area contributed by atoms with Crippen molar-refractivity contribution in [3.63, 3.8) is 0 Å². The summed E-state index contributed by atoms with van der Waals surface area (Å²) in [6.07, 6.45) is 1.75. The highest BCUT2D eigenvalue weighted by molar-refractivity contribution is 6.32. The van der Waals surface area contributed by atoms with Crippen LogP contribution in [0, 0.1) is 25.2 Å².